The number of carbonyl (C=O) groups is 1. The minimum atomic E-state index is -0.320. The molecule has 0 aliphatic heterocycles. The Bertz CT molecular complexity index is 1080. The van der Waals surface area contributed by atoms with Crippen molar-refractivity contribution < 1.29 is 9.53 Å². The lowest BCUT2D eigenvalue weighted by molar-refractivity contribution is 0.0377. The molecule has 0 saturated carbocycles. The number of hydrogen-bond donors (Lipinski definition) is 2. The van der Waals surface area contributed by atoms with Gasteiger partial charge in [0.1, 0.15) is 0 Å². The van der Waals surface area contributed by atoms with Crippen LogP contribution in [-0.4, -0.2) is 29.1 Å². The van der Waals surface area contributed by atoms with E-state index in [1.807, 2.05) is 79.3 Å². The second kappa shape index (κ2) is 10.2. The van der Waals surface area contributed by atoms with E-state index in [2.05, 4.69) is 10.2 Å². The van der Waals surface area contributed by atoms with Crippen LogP contribution >= 0.6 is 0 Å². The molecule has 0 fully saturated rings. The summed E-state index contributed by atoms with van der Waals surface area (Å²) in [6.07, 6.45) is 7.46. The topological polar surface area (TPSA) is 108 Å². The van der Waals surface area contributed by atoms with Crippen LogP contribution < -0.4 is 11.7 Å². The lowest BCUT2D eigenvalue weighted by atomic mass is 10.0. The molecule has 0 radical (unpaired) electrons. The van der Waals surface area contributed by atoms with Gasteiger partial charge in [-0.1, -0.05) is 42.5 Å². The summed E-state index contributed by atoms with van der Waals surface area (Å²) in [5.41, 5.74) is 5.48. The molecule has 0 aliphatic rings. The summed E-state index contributed by atoms with van der Waals surface area (Å²) in [5, 5.41) is 7.12. The zero-order chi connectivity index (χ0) is 22.2. The molecular weight excluding hydrogens is 390 g/mol. The average molecular weight is 418 g/mol. The van der Waals surface area contributed by atoms with Gasteiger partial charge in [0.05, 0.1) is 24.1 Å². The average Bonchev–Trinajstić information content (AvgIpc) is 3.12. The molecular formula is C24H27N5O2. The predicted molar refractivity (Wildman–Crippen MR) is 123 cm³/mol. The second-order valence-corrected chi connectivity index (χ2v) is 7.54. The fourth-order valence-electron chi connectivity index (χ4n) is 3.35. The van der Waals surface area contributed by atoms with Crippen LogP contribution in [0, 0.1) is 0 Å². The molecule has 0 amide bonds. The summed E-state index contributed by atoms with van der Waals surface area (Å²) in [6.45, 7) is 4.30. The van der Waals surface area contributed by atoms with Crippen molar-refractivity contribution in [2.45, 2.75) is 32.9 Å². The molecule has 160 valence electrons. The molecule has 0 unspecified atom stereocenters. The van der Waals surface area contributed by atoms with E-state index in [1.54, 1.807) is 12.4 Å². The van der Waals surface area contributed by atoms with Crippen molar-refractivity contribution in [1.82, 2.24) is 4.57 Å². The fraction of sp³-hybridized carbons (Fsp3) is 0.208. The van der Waals surface area contributed by atoms with E-state index in [4.69, 9.17) is 16.4 Å². The summed E-state index contributed by atoms with van der Waals surface area (Å²) >= 11 is 0. The number of esters is 1. The highest BCUT2D eigenvalue weighted by Crippen LogP contribution is 2.19. The van der Waals surface area contributed by atoms with Crippen LogP contribution in [0.1, 0.15) is 52.0 Å². The van der Waals surface area contributed by atoms with Crippen LogP contribution in [0.4, 0.5) is 0 Å². The molecule has 0 saturated heterocycles. The molecule has 3 aromatic rings. The normalized spacial score (nSPS) is 11.6. The standard InChI is InChI=1S/C24H27N5O2/c1-17(2)31-24(30)23-16-29(14-21-5-3-4-20(10-21)13-28-26)15-22(23)11-18-6-8-19(9-7-18)12-27-25/h3-10,12-13,15-17H,11,14,25-26H2,1-2H3. The predicted octanol–water partition coefficient (Wildman–Crippen LogP) is 3.28. The van der Waals surface area contributed by atoms with E-state index in [0.717, 1.165) is 27.8 Å². The number of hydrazone groups is 2. The highest BCUT2D eigenvalue weighted by molar-refractivity contribution is 5.91. The van der Waals surface area contributed by atoms with E-state index >= 15 is 0 Å². The van der Waals surface area contributed by atoms with Gasteiger partial charge in [-0.2, -0.15) is 10.2 Å². The van der Waals surface area contributed by atoms with Gasteiger partial charge < -0.3 is 21.0 Å². The minimum absolute atomic E-state index is 0.189. The molecule has 4 N–H and O–H groups in total. The monoisotopic (exact) mass is 417 g/mol. The Morgan fingerprint density at radius 3 is 2.39 bits per heavy atom. The summed E-state index contributed by atoms with van der Waals surface area (Å²) in [4.78, 5) is 12.7. The van der Waals surface area contributed by atoms with Crippen LogP contribution in [0.2, 0.25) is 0 Å². The van der Waals surface area contributed by atoms with Crippen molar-refractivity contribution in [1.29, 1.82) is 0 Å². The van der Waals surface area contributed by atoms with Crippen LogP contribution in [0.15, 0.2) is 71.1 Å². The van der Waals surface area contributed by atoms with Crippen LogP contribution in [0.25, 0.3) is 0 Å². The van der Waals surface area contributed by atoms with Crippen LogP contribution in [0.3, 0.4) is 0 Å². The van der Waals surface area contributed by atoms with Crippen molar-refractivity contribution in [3.8, 4) is 0 Å². The molecule has 1 aromatic heterocycles. The van der Waals surface area contributed by atoms with Crippen LogP contribution in [-0.2, 0) is 17.7 Å². The summed E-state index contributed by atoms with van der Waals surface area (Å²) < 4.78 is 7.47. The Kier molecular flexibility index (Phi) is 7.22. The van der Waals surface area contributed by atoms with Crippen molar-refractivity contribution in [2.24, 2.45) is 21.9 Å². The maximum atomic E-state index is 12.7. The van der Waals surface area contributed by atoms with Crippen molar-refractivity contribution in [3.05, 3.63) is 94.3 Å². The van der Waals surface area contributed by atoms with E-state index in [0.29, 0.717) is 18.5 Å². The smallest absolute Gasteiger partial charge is 0.340 e. The second-order valence-electron chi connectivity index (χ2n) is 7.54. The number of rotatable bonds is 8. The third-order valence-corrected chi connectivity index (χ3v) is 4.66. The lowest BCUT2D eigenvalue weighted by Gasteiger charge is -2.08. The highest BCUT2D eigenvalue weighted by atomic mass is 16.5. The Morgan fingerprint density at radius 1 is 1.00 bits per heavy atom. The first kappa shape index (κ1) is 21.8. The summed E-state index contributed by atoms with van der Waals surface area (Å²) in [6, 6.07) is 15.8. The largest absolute Gasteiger partial charge is 0.459 e. The van der Waals surface area contributed by atoms with Gasteiger partial charge in [0.25, 0.3) is 0 Å². The number of benzene rings is 2. The number of ether oxygens (including phenoxy) is 1. The van der Waals surface area contributed by atoms with Crippen molar-refractivity contribution in [3.63, 3.8) is 0 Å². The Labute approximate surface area is 182 Å². The molecule has 0 spiro atoms. The number of nitrogens with two attached hydrogens (primary N) is 2. The molecule has 7 heteroatoms. The Morgan fingerprint density at radius 2 is 1.71 bits per heavy atom. The van der Waals surface area contributed by atoms with E-state index in [-0.39, 0.29) is 12.1 Å². The molecule has 1 heterocycles. The third-order valence-electron chi connectivity index (χ3n) is 4.66. The number of carbonyl (C=O) groups excluding carboxylic acids is 1. The maximum absolute atomic E-state index is 12.7. The number of aromatic nitrogens is 1. The zero-order valence-electron chi connectivity index (χ0n) is 17.7. The molecule has 0 bridgehead atoms. The van der Waals surface area contributed by atoms with Crippen molar-refractivity contribution >= 4 is 18.4 Å². The Balaban J connectivity index is 1.88. The first-order chi connectivity index (χ1) is 15.0. The molecule has 31 heavy (non-hydrogen) atoms. The highest BCUT2D eigenvalue weighted by Gasteiger charge is 2.18. The van der Waals surface area contributed by atoms with Gasteiger partial charge >= 0.3 is 5.97 Å². The van der Waals surface area contributed by atoms with Crippen molar-refractivity contribution in [2.75, 3.05) is 0 Å². The fourth-order valence-corrected chi connectivity index (χ4v) is 3.35. The van der Waals surface area contributed by atoms with Gasteiger partial charge in [-0.15, -0.1) is 0 Å². The SMILES string of the molecule is CC(C)OC(=O)c1cn(Cc2cccc(C=NN)c2)cc1Cc1ccc(C=NN)cc1. The third kappa shape index (κ3) is 6.05. The Hall–Kier alpha value is -3.87. The van der Waals surface area contributed by atoms with Gasteiger partial charge in [-0.25, -0.2) is 4.79 Å². The van der Waals surface area contributed by atoms with Gasteiger partial charge in [-0.05, 0) is 54.2 Å². The van der Waals surface area contributed by atoms with Gasteiger partial charge in [0.2, 0.25) is 0 Å². The molecule has 7 nitrogen and oxygen atoms in total. The summed E-state index contributed by atoms with van der Waals surface area (Å²) in [5.74, 6) is 10.1. The minimum Gasteiger partial charge on any atom is -0.459 e. The zero-order valence-corrected chi connectivity index (χ0v) is 17.7. The first-order valence-electron chi connectivity index (χ1n) is 10.0. The van der Waals surface area contributed by atoms with Gasteiger partial charge in [-0.3, -0.25) is 0 Å². The summed E-state index contributed by atoms with van der Waals surface area (Å²) in [7, 11) is 0. The van der Waals surface area contributed by atoms with E-state index in [1.165, 1.54) is 0 Å². The molecule has 0 aliphatic carbocycles. The molecule has 3 rings (SSSR count). The molecule has 0 atom stereocenters. The van der Waals surface area contributed by atoms with Crippen LogP contribution in [0.5, 0.6) is 0 Å². The lowest BCUT2D eigenvalue weighted by Crippen LogP contribution is -2.12. The van der Waals surface area contributed by atoms with Gasteiger partial charge in [0, 0.05) is 18.9 Å². The maximum Gasteiger partial charge on any atom is 0.340 e. The number of hydrogen-bond acceptors (Lipinski definition) is 6. The van der Waals surface area contributed by atoms with Gasteiger partial charge in [0.15, 0.2) is 0 Å². The quantitative estimate of drug-likeness (QED) is 0.254. The first-order valence-corrected chi connectivity index (χ1v) is 10.0. The van der Waals surface area contributed by atoms with E-state index < -0.39 is 0 Å². The molecule has 2 aromatic carbocycles. The number of nitrogens with zero attached hydrogens (tertiary/aromatic N) is 3. The van der Waals surface area contributed by atoms with E-state index in [9.17, 15) is 4.79 Å².